The number of benzene rings is 1. The number of ether oxygens (including phenoxy) is 1. The standard InChI is InChI=1S/C10H10ClNO5/c1-5(2)8-6(12(15)16)3-4-7(9(8)11)17-10(13)14/h3-5H,1-2H3,(H,13,14). The Balaban J connectivity index is 3.38. The first-order chi connectivity index (χ1) is 7.84. The van der Waals surface area contributed by atoms with Gasteiger partial charge in [-0.05, 0) is 12.0 Å². The molecular formula is C10H10ClNO5. The molecule has 1 aromatic rings. The van der Waals surface area contributed by atoms with Crippen LogP contribution >= 0.6 is 11.6 Å². The Morgan fingerprint density at radius 1 is 1.53 bits per heavy atom. The van der Waals surface area contributed by atoms with Gasteiger partial charge in [-0.2, -0.15) is 0 Å². The Labute approximate surface area is 102 Å². The lowest BCUT2D eigenvalue weighted by atomic mass is 10.0. The van der Waals surface area contributed by atoms with Gasteiger partial charge in [0.15, 0.2) is 5.75 Å². The smallest absolute Gasteiger partial charge is 0.449 e. The van der Waals surface area contributed by atoms with Crippen molar-refractivity contribution in [2.75, 3.05) is 0 Å². The van der Waals surface area contributed by atoms with E-state index in [2.05, 4.69) is 4.74 Å². The van der Waals surface area contributed by atoms with E-state index >= 15 is 0 Å². The topological polar surface area (TPSA) is 89.7 Å². The Bertz CT molecular complexity index is 472. The molecule has 17 heavy (non-hydrogen) atoms. The van der Waals surface area contributed by atoms with Crippen LogP contribution in [0.4, 0.5) is 10.5 Å². The van der Waals surface area contributed by atoms with Crippen molar-refractivity contribution < 1.29 is 19.6 Å². The number of hydrogen-bond donors (Lipinski definition) is 1. The summed E-state index contributed by atoms with van der Waals surface area (Å²) in [6.07, 6.45) is -1.52. The lowest BCUT2D eigenvalue weighted by molar-refractivity contribution is -0.385. The van der Waals surface area contributed by atoms with Crippen LogP contribution in [0.1, 0.15) is 25.3 Å². The second-order valence-corrected chi connectivity index (χ2v) is 3.97. The first kappa shape index (κ1) is 13.2. The molecule has 0 amide bonds. The molecule has 0 aromatic heterocycles. The maximum absolute atomic E-state index is 10.8. The van der Waals surface area contributed by atoms with E-state index in [0.717, 1.165) is 0 Å². The second-order valence-electron chi connectivity index (χ2n) is 3.59. The van der Waals surface area contributed by atoms with Gasteiger partial charge in [-0.15, -0.1) is 0 Å². The van der Waals surface area contributed by atoms with E-state index in [4.69, 9.17) is 16.7 Å². The fourth-order valence-corrected chi connectivity index (χ4v) is 1.86. The van der Waals surface area contributed by atoms with Crippen molar-refractivity contribution in [2.24, 2.45) is 0 Å². The van der Waals surface area contributed by atoms with Gasteiger partial charge in [-0.1, -0.05) is 25.4 Å². The zero-order valence-electron chi connectivity index (χ0n) is 9.14. The average Bonchev–Trinajstić information content (AvgIpc) is 2.19. The van der Waals surface area contributed by atoms with E-state index < -0.39 is 11.1 Å². The van der Waals surface area contributed by atoms with E-state index in [0.29, 0.717) is 0 Å². The van der Waals surface area contributed by atoms with Crippen LogP contribution in [-0.4, -0.2) is 16.2 Å². The highest BCUT2D eigenvalue weighted by Crippen LogP contribution is 2.39. The summed E-state index contributed by atoms with van der Waals surface area (Å²) in [6, 6.07) is 2.35. The highest BCUT2D eigenvalue weighted by atomic mass is 35.5. The number of rotatable bonds is 3. The number of hydrogen-bond acceptors (Lipinski definition) is 4. The molecule has 7 heteroatoms. The number of carboxylic acid groups (broad SMARTS) is 1. The molecule has 1 N–H and O–H groups in total. The monoisotopic (exact) mass is 259 g/mol. The Hall–Kier alpha value is -1.82. The van der Waals surface area contributed by atoms with Crippen molar-refractivity contribution in [1.29, 1.82) is 0 Å². The normalized spacial score (nSPS) is 10.4. The predicted molar refractivity (Wildman–Crippen MR) is 60.8 cm³/mol. The average molecular weight is 260 g/mol. The number of nitro benzene ring substituents is 1. The van der Waals surface area contributed by atoms with Gasteiger partial charge >= 0.3 is 6.16 Å². The largest absolute Gasteiger partial charge is 0.511 e. The van der Waals surface area contributed by atoms with Crippen LogP contribution in [0.15, 0.2) is 12.1 Å². The summed E-state index contributed by atoms with van der Waals surface area (Å²) >= 11 is 5.90. The molecule has 1 aromatic carbocycles. The maximum Gasteiger partial charge on any atom is 0.511 e. The minimum absolute atomic E-state index is 0.0448. The molecule has 0 bridgehead atoms. The molecule has 0 heterocycles. The molecule has 0 unspecified atom stereocenters. The van der Waals surface area contributed by atoms with Gasteiger partial charge in [0.2, 0.25) is 0 Å². The molecule has 92 valence electrons. The minimum Gasteiger partial charge on any atom is -0.449 e. The summed E-state index contributed by atoms with van der Waals surface area (Å²) in [6.45, 7) is 3.44. The summed E-state index contributed by atoms with van der Waals surface area (Å²) in [5.74, 6) is -0.325. The highest BCUT2D eigenvalue weighted by Gasteiger charge is 2.23. The highest BCUT2D eigenvalue weighted by molar-refractivity contribution is 6.33. The third kappa shape index (κ3) is 2.85. The van der Waals surface area contributed by atoms with Gasteiger partial charge in [0.05, 0.1) is 15.5 Å². The van der Waals surface area contributed by atoms with E-state index in [1.54, 1.807) is 13.8 Å². The van der Waals surface area contributed by atoms with Crippen molar-refractivity contribution in [3.8, 4) is 5.75 Å². The molecule has 0 fully saturated rings. The van der Waals surface area contributed by atoms with Gasteiger partial charge in [0.1, 0.15) is 0 Å². The quantitative estimate of drug-likeness (QED) is 0.389. The fourth-order valence-electron chi connectivity index (χ4n) is 1.44. The van der Waals surface area contributed by atoms with Gasteiger partial charge in [-0.25, -0.2) is 4.79 Å². The molecule has 0 atom stereocenters. The molecule has 0 aliphatic rings. The molecule has 0 saturated heterocycles. The van der Waals surface area contributed by atoms with Gasteiger partial charge < -0.3 is 9.84 Å². The van der Waals surface area contributed by atoms with Crippen molar-refractivity contribution in [3.05, 3.63) is 32.8 Å². The molecule has 0 spiro atoms. The van der Waals surface area contributed by atoms with E-state index in [9.17, 15) is 14.9 Å². The van der Waals surface area contributed by atoms with Crippen LogP contribution in [0.25, 0.3) is 0 Å². The van der Waals surface area contributed by atoms with Crippen LogP contribution in [0.2, 0.25) is 5.02 Å². The third-order valence-electron chi connectivity index (χ3n) is 2.09. The summed E-state index contributed by atoms with van der Waals surface area (Å²) < 4.78 is 4.43. The van der Waals surface area contributed by atoms with Crippen molar-refractivity contribution in [1.82, 2.24) is 0 Å². The maximum atomic E-state index is 10.8. The van der Waals surface area contributed by atoms with E-state index in [-0.39, 0.29) is 27.9 Å². The lowest BCUT2D eigenvalue weighted by Crippen LogP contribution is -2.06. The van der Waals surface area contributed by atoms with Gasteiger partial charge in [0.25, 0.3) is 5.69 Å². The zero-order valence-corrected chi connectivity index (χ0v) is 9.89. The minimum atomic E-state index is -1.52. The SMILES string of the molecule is CC(C)c1c([N+](=O)[O-])ccc(OC(=O)O)c1Cl. The summed E-state index contributed by atoms with van der Waals surface area (Å²) in [5.41, 5.74) is 0.109. The number of carbonyl (C=O) groups is 1. The summed E-state index contributed by atoms with van der Waals surface area (Å²) in [5, 5.41) is 19.2. The van der Waals surface area contributed by atoms with E-state index in [1.165, 1.54) is 12.1 Å². The van der Waals surface area contributed by atoms with E-state index in [1.807, 2.05) is 0 Å². The molecule has 0 aliphatic carbocycles. The molecule has 6 nitrogen and oxygen atoms in total. The van der Waals surface area contributed by atoms with Crippen molar-refractivity contribution >= 4 is 23.4 Å². The number of nitrogens with zero attached hydrogens (tertiary/aromatic N) is 1. The second kappa shape index (κ2) is 5.01. The predicted octanol–water partition coefficient (Wildman–Crippen LogP) is 3.43. The molecule has 1 rings (SSSR count). The molecule has 0 aliphatic heterocycles. The van der Waals surface area contributed by atoms with Crippen molar-refractivity contribution in [3.63, 3.8) is 0 Å². The zero-order chi connectivity index (χ0) is 13.2. The number of nitro groups is 1. The Morgan fingerprint density at radius 2 is 2.12 bits per heavy atom. The molecular weight excluding hydrogens is 250 g/mol. The first-order valence-electron chi connectivity index (χ1n) is 4.72. The van der Waals surface area contributed by atoms with Crippen LogP contribution < -0.4 is 4.74 Å². The Morgan fingerprint density at radius 3 is 2.53 bits per heavy atom. The molecule has 0 radical (unpaired) electrons. The Kier molecular flexibility index (Phi) is 3.90. The third-order valence-corrected chi connectivity index (χ3v) is 2.48. The van der Waals surface area contributed by atoms with Crippen LogP contribution in [-0.2, 0) is 0 Å². The van der Waals surface area contributed by atoms with Crippen LogP contribution in [0.5, 0.6) is 5.75 Å². The van der Waals surface area contributed by atoms with Crippen LogP contribution in [0, 0.1) is 10.1 Å². The fraction of sp³-hybridized carbons (Fsp3) is 0.300. The van der Waals surface area contributed by atoms with Gasteiger partial charge in [0, 0.05) is 6.07 Å². The van der Waals surface area contributed by atoms with Crippen molar-refractivity contribution in [2.45, 2.75) is 19.8 Å². The van der Waals surface area contributed by atoms with Crippen LogP contribution in [0.3, 0.4) is 0 Å². The molecule has 0 saturated carbocycles. The number of halogens is 1. The lowest BCUT2D eigenvalue weighted by Gasteiger charge is -2.11. The first-order valence-corrected chi connectivity index (χ1v) is 5.10. The van der Waals surface area contributed by atoms with Gasteiger partial charge in [-0.3, -0.25) is 10.1 Å². The summed E-state index contributed by atoms with van der Waals surface area (Å²) in [4.78, 5) is 20.6. The summed E-state index contributed by atoms with van der Waals surface area (Å²) in [7, 11) is 0.